The molecular weight excluding hydrogens is 290 g/mol. The Labute approximate surface area is 118 Å². The standard InChI is InChI=1S/C14H22BrN3/c1-3-11-8-6-5-7-9-18(11)14-10-12(15)16-13(4-2)17-14/h10-11H,3-9H2,1-2H3. The molecule has 1 aliphatic heterocycles. The molecule has 0 aliphatic carbocycles. The van der Waals surface area contributed by atoms with Crippen molar-refractivity contribution in [1.29, 1.82) is 0 Å². The van der Waals surface area contributed by atoms with E-state index >= 15 is 0 Å². The fourth-order valence-corrected chi connectivity index (χ4v) is 3.07. The van der Waals surface area contributed by atoms with Crippen LogP contribution >= 0.6 is 15.9 Å². The van der Waals surface area contributed by atoms with Crippen LogP contribution in [0.5, 0.6) is 0 Å². The van der Waals surface area contributed by atoms with E-state index in [1.165, 1.54) is 32.1 Å². The van der Waals surface area contributed by atoms with Crippen LogP contribution in [0.3, 0.4) is 0 Å². The van der Waals surface area contributed by atoms with E-state index in [-0.39, 0.29) is 0 Å². The number of anilines is 1. The van der Waals surface area contributed by atoms with Crippen molar-refractivity contribution in [2.24, 2.45) is 0 Å². The van der Waals surface area contributed by atoms with Crippen molar-refractivity contribution >= 4 is 21.7 Å². The van der Waals surface area contributed by atoms with E-state index in [2.05, 4.69) is 45.7 Å². The van der Waals surface area contributed by atoms with E-state index in [1.807, 2.05) is 0 Å². The van der Waals surface area contributed by atoms with Gasteiger partial charge in [-0.25, -0.2) is 9.97 Å². The second-order valence-electron chi connectivity index (χ2n) is 4.92. The lowest BCUT2D eigenvalue weighted by Gasteiger charge is -2.30. The predicted octanol–water partition coefficient (Wildman–Crippen LogP) is 3.96. The summed E-state index contributed by atoms with van der Waals surface area (Å²) in [6, 6.07) is 2.70. The first-order valence-electron chi connectivity index (χ1n) is 7.04. The highest BCUT2D eigenvalue weighted by Gasteiger charge is 2.21. The van der Waals surface area contributed by atoms with E-state index in [0.29, 0.717) is 6.04 Å². The van der Waals surface area contributed by atoms with Gasteiger partial charge in [-0.15, -0.1) is 0 Å². The summed E-state index contributed by atoms with van der Waals surface area (Å²) in [5.41, 5.74) is 0. The minimum atomic E-state index is 0.638. The molecule has 4 heteroatoms. The van der Waals surface area contributed by atoms with Crippen LogP contribution < -0.4 is 4.90 Å². The molecule has 0 bridgehead atoms. The van der Waals surface area contributed by atoms with Gasteiger partial charge in [0, 0.05) is 25.1 Å². The highest BCUT2D eigenvalue weighted by Crippen LogP contribution is 2.26. The number of nitrogens with zero attached hydrogens (tertiary/aromatic N) is 3. The minimum absolute atomic E-state index is 0.638. The molecule has 2 heterocycles. The van der Waals surface area contributed by atoms with Crippen LogP contribution in [0.2, 0.25) is 0 Å². The number of hydrogen-bond acceptors (Lipinski definition) is 3. The molecule has 1 saturated heterocycles. The second kappa shape index (κ2) is 6.50. The Bertz CT molecular complexity index is 395. The maximum Gasteiger partial charge on any atom is 0.133 e. The topological polar surface area (TPSA) is 29.0 Å². The second-order valence-corrected chi connectivity index (χ2v) is 5.74. The molecule has 0 radical (unpaired) electrons. The van der Waals surface area contributed by atoms with E-state index < -0.39 is 0 Å². The molecule has 1 aliphatic rings. The van der Waals surface area contributed by atoms with Crippen molar-refractivity contribution in [1.82, 2.24) is 9.97 Å². The average Bonchev–Trinajstić information content (AvgIpc) is 2.62. The van der Waals surface area contributed by atoms with Crippen LogP contribution in [-0.2, 0) is 6.42 Å². The summed E-state index contributed by atoms with van der Waals surface area (Å²) < 4.78 is 0.906. The average molecular weight is 312 g/mol. The molecule has 0 saturated carbocycles. The van der Waals surface area contributed by atoms with Crippen molar-refractivity contribution < 1.29 is 0 Å². The van der Waals surface area contributed by atoms with E-state index in [1.54, 1.807) is 0 Å². The number of hydrogen-bond donors (Lipinski definition) is 0. The van der Waals surface area contributed by atoms with Gasteiger partial charge in [0.25, 0.3) is 0 Å². The third-order valence-corrected chi connectivity index (χ3v) is 4.09. The Hall–Kier alpha value is -0.640. The zero-order valence-corrected chi connectivity index (χ0v) is 12.9. The molecule has 2 rings (SSSR count). The molecule has 3 nitrogen and oxygen atoms in total. The van der Waals surface area contributed by atoms with Crippen molar-refractivity contribution in [2.75, 3.05) is 11.4 Å². The molecule has 0 amide bonds. The van der Waals surface area contributed by atoms with Crippen LogP contribution in [0, 0.1) is 0 Å². The Balaban J connectivity index is 2.29. The maximum atomic E-state index is 4.70. The molecule has 0 spiro atoms. The van der Waals surface area contributed by atoms with Gasteiger partial charge in [-0.3, -0.25) is 0 Å². The molecule has 100 valence electrons. The molecule has 1 fully saturated rings. The zero-order valence-electron chi connectivity index (χ0n) is 11.3. The van der Waals surface area contributed by atoms with Crippen molar-refractivity contribution in [3.8, 4) is 0 Å². The van der Waals surface area contributed by atoms with E-state index in [4.69, 9.17) is 4.98 Å². The third-order valence-electron chi connectivity index (χ3n) is 3.69. The zero-order chi connectivity index (χ0) is 13.0. The summed E-state index contributed by atoms with van der Waals surface area (Å²) >= 11 is 3.50. The fourth-order valence-electron chi connectivity index (χ4n) is 2.66. The highest BCUT2D eigenvalue weighted by molar-refractivity contribution is 9.10. The van der Waals surface area contributed by atoms with E-state index in [0.717, 1.165) is 29.2 Å². The molecule has 1 unspecified atom stereocenters. The highest BCUT2D eigenvalue weighted by atomic mass is 79.9. The van der Waals surface area contributed by atoms with Crippen LogP contribution in [-0.4, -0.2) is 22.6 Å². The first-order valence-corrected chi connectivity index (χ1v) is 7.84. The Morgan fingerprint density at radius 2 is 2.11 bits per heavy atom. The van der Waals surface area contributed by atoms with Gasteiger partial charge < -0.3 is 4.90 Å². The lowest BCUT2D eigenvalue weighted by atomic mass is 10.1. The Morgan fingerprint density at radius 1 is 1.28 bits per heavy atom. The molecule has 0 N–H and O–H groups in total. The van der Waals surface area contributed by atoms with Crippen LogP contribution in [0.15, 0.2) is 10.7 Å². The largest absolute Gasteiger partial charge is 0.354 e. The maximum absolute atomic E-state index is 4.70. The first-order chi connectivity index (χ1) is 8.74. The normalized spacial score (nSPS) is 20.8. The SMILES string of the molecule is CCc1nc(Br)cc(N2CCCCCC2CC)n1. The summed E-state index contributed by atoms with van der Waals surface area (Å²) in [6.45, 7) is 5.51. The Kier molecular flexibility index (Phi) is 4.98. The van der Waals surface area contributed by atoms with Gasteiger partial charge in [0.2, 0.25) is 0 Å². The van der Waals surface area contributed by atoms with Gasteiger partial charge in [0.05, 0.1) is 0 Å². The predicted molar refractivity (Wildman–Crippen MR) is 79.0 cm³/mol. The van der Waals surface area contributed by atoms with Crippen LogP contribution in [0.1, 0.15) is 51.8 Å². The van der Waals surface area contributed by atoms with Crippen molar-refractivity contribution in [2.45, 2.75) is 58.4 Å². The summed E-state index contributed by atoms with van der Waals surface area (Å²) in [6.07, 6.45) is 7.35. The van der Waals surface area contributed by atoms with Crippen molar-refractivity contribution in [3.05, 3.63) is 16.5 Å². The number of aromatic nitrogens is 2. The van der Waals surface area contributed by atoms with Crippen LogP contribution in [0.25, 0.3) is 0 Å². The summed E-state index contributed by atoms with van der Waals surface area (Å²) in [7, 11) is 0. The van der Waals surface area contributed by atoms with Gasteiger partial charge >= 0.3 is 0 Å². The van der Waals surface area contributed by atoms with Gasteiger partial charge in [-0.2, -0.15) is 0 Å². The third kappa shape index (κ3) is 3.22. The van der Waals surface area contributed by atoms with Gasteiger partial charge in [0.15, 0.2) is 0 Å². The van der Waals surface area contributed by atoms with E-state index in [9.17, 15) is 0 Å². The molecule has 1 aromatic heterocycles. The Morgan fingerprint density at radius 3 is 2.83 bits per heavy atom. The molecule has 0 aromatic carbocycles. The summed E-state index contributed by atoms with van der Waals surface area (Å²) in [4.78, 5) is 11.6. The van der Waals surface area contributed by atoms with Gasteiger partial charge in [-0.1, -0.05) is 26.7 Å². The lowest BCUT2D eigenvalue weighted by Crippen LogP contribution is -2.35. The van der Waals surface area contributed by atoms with Gasteiger partial charge in [-0.05, 0) is 35.2 Å². The fraction of sp³-hybridized carbons (Fsp3) is 0.714. The van der Waals surface area contributed by atoms with Crippen LogP contribution in [0.4, 0.5) is 5.82 Å². The summed E-state index contributed by atoms with van der Waals surface area (Å²) in [5, 5.41) is 0. The number of aryl methyl sites for hydroxylation is 1. The smallest absolute Gasteiger partial charge is 0.133 e. The monoisotopic (exact) mass is 311 g/mol. The molecular formula is C14H22BrN3. The quantitative estimate of drug-likeness (QED) is 0.791. The lowest BCUT2D eigenvalue weighted by molar-refractivity contribution is 0.551. The first kappa shape index (κ1) is 13.8. The molecule has 1 atom stereocenters. The van der Waals surface area contributed by atoms with Crippen molar-refractivity contribution in [3.63, 3.8) is 0 Å². The molecule has 18 heavy (non-hydrogen) atoms. The van der Waals surface area contributed by atoms with Gasteiger partial charge in [0.1, 0.15) is 16.2 Å². The molecule has 1 aromatic rings. The minimum Gasteiger partial charge on any atom is -0.354 e. The number of halogens is 1. The number of rotatable bonds is 3. The summed E-state index contributed by atoms with van der Waals surface area (Å²) in [5.74, 6) is 2.03.